The van der Waals surface area contributed by atoms with E-state index >= 15 is 0 Å². The number of carbonyl (C=O) groups is 1. The molecule has 108 valence electrons. The number of hydrogen-bond acceptors (Lipinski definition) is 3. The van der Waals surface area contributed by atoms with Gasteiger partial charge in [0.25, 0.3) is 5.91 Å². The molecule has 21 heavy (non-hydrogen) atoms. The number of benzene rings is 1. The molecular weight excluding hydrogens is 282 g/mol. The van der Waals surface area contributed by atoms with Crippen LogP contribution in [0.3, 0.4) is 0 Å². The van der Waals surface area contributed by atoms with E-state index in [1.165, 1.54) is 11.3 Å². The smallest absolute Gasteiger partial charge is 0.254 e. The SMILES string of the molecule is CN(Cc1ccccc1C#CCCO)C(=O)c1ccsc1. The summed E-state index contributed by atoms with van der Waals surface area (Å²) in [5.41, 5.74) is 2.62. The van der Waals surface area contributed by atoms with E-state index in [0.717, 1.165) is 11.1 Å². The standard InChI is InChI=1S/C17H17NO2S/c1-18(17(20)16-9-11-21-13-16)12-15-8-3-2-6-14(15)7-4-5-10-19/h2-3,6,8-9,11,13,19H,5,10,12H2,1H3. The molecule has 0 aliphatic heterocycles. The topological polar surface area (TPSA) is 40.5 Å². The number of carbonyl (C=O) groups excluding carboxylic acids is 1. The molecule has 1 heterocycles. The van der Waals surface area contributed by atoms with Crippen molar-refractivity contribution in [3.8, 4) is 11.8 Å². The molecule has 0 fully saturated rings. The van der Waals surface area contributed by atoms with Crippen molar-refractivity contribution in [2.75, 3.05) is 13.7 Å². The lowest BCUT2D eigenvalue weighted by Crippen LogP contribution is -2.26. The number of aliphatic hydroxyl groups is 1. The van der Waals surface area contributed by atoms with Crippen LogP contribution in [-0.2, 0) is 6.54 Å². The average Bonchev–Trinajstić information content (AvgIpc) is 3.02. The number of amides is 1. The van der Waals surface area contributed by atoms with Crippen LogP contribution < -0.4 is 0 Å². The second-order valence-corrected chi connectivity index (χ2v) is 5.39. The predicted octanol–water partition coefficient (Wildman–Crippen LogP) is 2.75. The van der Waals surface area contributed by atoms with Gasteiger partial charge in [-0.3, -0.25) is 4.79 Å². The number of aliphatic hydroxyl groups excluding tert-OH is 1. The average molecular weight is 299 g/mol. The molecule has 1 N–H and O–H groups in total. The summed E-state index contributed by atoms with van der Waals surface area (Å²) in [6.07, 6.45) is 0.456. The summed E-state index contributed by atoms with van der Waals surface area (Å²) >= 11 is 1.51. The number of rotatable bonds is 4. The maximum Gasteiger partial charge on any atom is 0.254 e. The van der Waals surface area contributed by atoms with E-state index in [9.17, 15) is 4.79 Å². The van der Waals surface area contributed by atoms with Crippen molar-refractivity contribution in [2.24, 2.45) is 0 Å². The molecule has 4 heteroatoms. The third-order valence-corrected chi connectivity index (χ3v) is 3.68. The second-order valence-electron chi connectivity index (χ2n) is 4.61. The van der Waals surface area contributed by atoms with Gasteiger partial charge < -0.3 is 10.0 Å². The van der Waals surface area contributed by atoms with Crippen molar-refractivity contribution in [2.45, 2.75) is 13.0 Å². The molecule has 0 bridgehead atoms. The lowest BCUT2D eigenvalue weighted by atomic mass is 10.1. The van der Waals surface area contributed by atoms with Crippen molar-refractivity contribution < 1.29 is 9.90 Å². The summed E-state index contributed by atoms with van der Waals surface area (Å²) in [5.74, 6) is 5.98. The van der Waals surface area contributed by atoms with Crippen LogP contribution in [0.5, 0.6) is 0 Å². The van der Waals surface area contributed by atoms with Crippen molar-refractivity contribution in [3.63, 3.8) is 0 Å². The van der Waals surface area contributed by atoms with E-state index in [2.05, 4.69) is 11.8 Å². The fourth-order valence-electron chi connectivity index (χ4n) is 1.93. The van der Waals surface area contributed by atoms with Crippen LogP contribution in [0.1, 0.15) is 27.9 Å². The number of hydrogen-bond donors (Lipinski definition) is 1. The van der Waals surface area contributed by atoms with Gasteiger partial charge in [0.1, 0.15) is 0 Å². The fraction of sp³-hybridized carbons (Fsp3) is 0.235. The van der Waals surface area contributed by atoms with Crippen LogP contribution in [0.4, 0.5) is 0 Å². The number of nitrogens with zero attached hydrogens (tertiary/aromatic N) is 1. The van der Waals surface area contributed by atoms with Crippen molar-refractivity contribution in [1.29, 1.82) is 0 Å². The van der Waals surface area contributed by atoms with Gasteiger partial charge in [-0.25, -0.2) is 0 Å². The third-order valence-electron chi connectivity index (χ3n) is 3.00. The third kappa shape index (κ3) is 4.19. The van der Waals surface area contributed by atoms with E-state index in [-0.39, 0.29) is 12.5 Å². The van der Waals surface area contributed by atoms with Gasteiger partial charge in [0, 0.05) is 31.0 Å². The van der Waals surface area contributed by atoms with Gasteiger partial charge in [0.2, 0.25) is 0 Å². The molecule has 0 aliphatic rings. The van der Waals surface area contributed by atoms with Crippen LogP contribution in [0.25, 0.3) is 0 Å². The molecule has 0 spiro atoms. The molecule has 1 amide bonds. The molecule has 0 radical (unpaired) electrons. The quantitative estimate of drug-likeness (QED) is 0.882. The Bertz CT molecular complexity index is 653. The van der Waals surface area contributed by atoms with Gasteiger partial charge in [-0.15, -0.1) is 0 Å². The summed E-state index contributed by atoms with van der Waals surface area (Å²) in [4.78, 5) is 13.9. The Kier molecular flexibility index (Phi) is 5.56. The fourth-order valence-corrected chi connectivity index (χ4v) is 2.56. The Morgan fingerprint density at radius 3 is 2.86 bits per heavy atom. The maximum absolute atomic E-state index is 12.2. The van der Waals surface area contributed by atoms with Crippen molar-refractivity contribution in [3.05, 3.63) is 57.8 Å². The minimum atomic E-state index is 0.00868. The molecule has 1 aromatic heterocycles. The molecule has 2 aromatic rings. The van der Waals surface area contributed by atoms with E-state index in [4.69, 9.17) is 5.11 Å². The predicted molar refractivity (Wildman–Crippen MR) is 85.1 cm³/mol. The van der Waals surface area contributed by atoms with Gasteiger partial charge in [-0.05, 0) is 23.1 Å². The first-order chi connectivity index (χ1) is 10.2. The highest BCUT2D eigenvalue weighted by Gasteiger charge is 2.13. The summed E-state index contributed by atoms with van der Waals surface area (Å²) in [7, 11) is 1.79. The van der Waals surface area contributed by atoms with Crippen LogP contribution >= 0.6 is 11.3 Å². The lowest BCUT2D eigenvalue weighted by Gasteiger charge is -2.17. The molecule has 0 atom stereocenters. The van der Waals surface area contributed by atoms with E-state index < -0.39 is 0 Å². The highest BCUT2D eigenvalue weighted by Crippen LogP contribution is 2.14. The molecule has 0 saturated heterocycles. The zero-order valence-corrected chi connectivity index (χ0v) is 12.7. The Hall–Kier alpha value is -2.09. The monoisotopic (exact) mass is 299 g/mol. The maximum atomic E-state index is 12.2. The van der Waals surface area contributed by atoms with E-state index in [1.54, 1.807) is 11.9 Å². The normalized spacial score (nSPS) is 9.81. The largest absolute Gasteiger partial charge is 0.395 e. The summed E-state index contributed by atoms with van der Waals surface area (Å²) in [6.45, 7) is 0.574. The van der Waals surface area contributed by atoms with Crippen LogP contribution in [-0.4, -0.2) is 29.6 Å². The van der Waals surface area contributed by atoms with E-state index in [1.807, 2.05) is 41.1 Å². The first-order valence-electron chi connectivity index (χ1n) is 6.67. The first kappa shape index (κ1) is 15.3. The molecule has 0 unspecified atom stereocenters. The van der Waals surface area contributed by atoms with Crippen LogP contribution in [0, 0.1) is 11.8 Å². The first-order valence-corrected chi connectivity index (χ1v) is 7.62. The summed E-state index contributed by atoms with van der Waals surface area (Å²) in [5, 5.41) is 12.5. The van der Waals surface area contributed by atoms with Crippen LogP contribution in [0.15, 0.2) is 41.1 Å². The minimum Gasteiger partial charge on any atom is -0.395 e. The van der Waals surface area contributed by atoms with Gasteiger partial charge in [0.05, 0.1) is 12.2 Å². The highest BCUT2D eigenvalue weighted by molar-refractivity contribution is 7.08. The van der Waals surface area contributed by atoms with Crippen molar-refractivity contribution >= 4 is 17.2 Å². The minimum absolute atomic E-state index is 0.00868. The zero-order valence-electron chi connectivity index (χ0n) is 11.9. The summed E-state index contributed by atoms with van der Waals surface area (Å²) < 4.78 is 0. The van der Waals surface area contributed by atoms with Gasteiger partial charge in [0.15, 0.2) is 0 Å². The Balaban J connectivity index is 2.12. The molecule has 0 saturated carbocycles. The molecular formula is C17H17NO2S. The lowest BCUT2D eigenvalue weighted by molar-refractivity contribution is 0.0785. The van der Waals surface area contributed by atoms with Gasteiger partial charge in [-0.1, -0.05) is 30.0 Å². The number of thiophene rings is 1. The Morgan fingerprint density at radius 2 is 2.14 bits per heavy atom. The van der Waals surface area contributed by atoms with E-state index in [0.29, 0.717) is 18.5 Å². The molecule has 1 aromatic carbocycles. The Labute approximate surface area is 128 Å². The molecule has 2 rings (SSSR count). The zero-order chi connectivity index (χ0) is 15.1. The molecule has 0 aliphatic carbocycles. The van der Waals surface area contributed by atoms with Gasteiger partial charge in [-0.2, -0.15) is 11.3 Å². The molecule has 3 nitrogen and oxygen atoms in total. The van der Waals surface area contributed by atoms with Crippen LogP contribution in [0.2, 0.25) is 0 Å². The highest BCUT2D eigenvalue weighted by atomic mass is 32.1. The van der Waals surface area contributed by atoms with Gasteiger partial charge >= 0.3 is 0 Å². The van der Waals surface area contributed by atoms with Crippen molar-refractivity contribution in [1.82, 2.24) is 4.90 Å². The summed E-state index contributed by atoms with van der Waals surface area (Å²) in [6, 6.07) is 9.60. The Morgan fingerprint density at radius 1 is 1.33 bits per heavy atom. The second kappa shape index (κ2) is 7.63.